The molecule has 2 fully saturated rings. The van der Waals surface area contributed by atoms with E-state index in [1.807, 2.05) is 6.26 Å². The molecule has 0 bridgehead atoms. The van der Waals surface area contributed by atoms with E-state index in [-0.39, 0.29) is 49.0 Å². The number of benzene rings is 1. The first-order valence-electron chi connectivity index (χ1n) is 9.82. The van der Waals surface area contributed by atoms with Crippen molar-refractivity contribution in [2.75, 3.05) is 29.6 Å². The summed E-state index contributed by atoms with van der Waals surface area (Å²) in [5.74, 6) is -4.07. The van der Waals surface area contributed by atoms with E-state index in [1.54, 1.807) is 17.0 Å². The molecule has 1 aromatic heterocycles. The molecule has 1 aromatic carbocycles. The Morgan fingerprint density at radius 3 is 2.47 bits per heavy atom. The van der Waals surface area contributed by atoms with Crippen molar-refractivity contribution in [2.45, 2.75) is 30.0 Å². The van der Waals surface area contributed by atoms with E-state index >= 15 is 0 Å². The van der Waals surface area contributed by atoms with Crippen LogP contribution in [0.25, 0.3) is 0 Å². The second kappa shape index (κ2) is 8.37. The van der Waals surface area contributed by atoms with Gasteiger partial charge in [-0.1, -0.05) is 11.6 Å². The van der Waals surface area contributed by atoms with E-state index in [4.69, 9.17) is 11.6 Å². The van der Waals surface area contributed by atoms with Gasteiger partial charge in [-0.05, 0) is 42.4 Å². The normalized spacial score (nSPS) is 22.2. The topological polar surface area (TPSA) is 45.2 Å². The summed E-state index contributed by atoms with van der Waals surface area (Å²) in [4.78, 5) is 18.7. The molecule has 11 heteroatoms. The van der Waals surface area contributed by atoms with E-state index in [2.05, 4.69) is 10.3 Å². The summed E-state index contributed by atoms with van der Waals surface area (Å²) in [6, 6.07) is 5.03. The minimum absolute atomic E-state index is 0.0380. The Labute approximate surface area is 190 Å². The summed E-state index contributed by atoms with van der Waals surface area (Å²) in [7, 11) is 0. The van der Waals surface area contributed by atoms with Crippen LogP contribution < -0.4 is 10.2 Å². The third kappa shape index (κ3) is 4.66. The van der Waals surface area contributed by atoms with Gasteiger partial charge in [0.05, 0.1) is 26.9 Å². The largest absolute Gasteiger partial charge is 0.417 e. The molecule has 2 heterocycles. The fraction of sp³-hybridized carbons (Fsp3) is 0.429. The molecule has 0 radical (unpaired) electrons. The maximum Gasteiger partial charge on any atom is 0.417 e. The Balaban J connectivity index is 1.68. The van der Waals surface area contributed by atoms with Gasteiger partial charge in [-0.3, -0.25) is 4.79 Å². The van der Waals surface area contributed by atoms with E-state index < -0.39 is 28.6 Å². The van der Waals surface area contributed by atoms with Gasteiger partial charge in [0.15, 0.2) is 0 Å². The van der Waals surface area contributed by atoms with E-state index in [0.717, 1.165) is 12.1 Å². The van der Waals surface area contributed by atoms with Crippen LogP contribution in [0.3, 0.4) is 0 Å². The Kier molecular flexibility index (Phi) is 6.04. The third-order valence-corrected chi connectivity index (χ3v) is 6.83. The molecule has 1 saturated carbocycles. The summed E-state index contributed by atoms with van der Waals surface area (Å²) in [5.41, 5.74) is -0.649. The van der Waals surface area contributed by atoms with E-state index in [0.29, 0.717) is 10.7 Å². The molecule has 2 atom stereocenters. The summed E-state index contributed by atoms with van der Waals surface area (Å²) in [6.07, 6.45) is -2.00. The number of carbonyl (C=O) groups excluding carboxylic acids is 1. The van der Waals surface area contributed by atoms with Gasteiger partial charge in [0.25, 0.3) is 5.91 Å². The van der Waals surface area contributed by atoms with E-state index in [1.165, 1.54) is 18.0 Å². The van der Waals surface area contributed by atoms with Crippen molar-refractivity contribution in [1.82, 2.24) is 4.98 Å². The number of nitrogens with one attached hydrogen (secondary N) is 1. The lowest BCUT2D eigenvalue weighted by Gasteiger charge is -2.25. The van der Waals surface area contributed by atoms with Gasteiger partial charge >= 0.3 is 6.18 Å². The van der Waals surface area contributed by atoms with Crippen LogP contribution in [0.4, 0.5) is 33.3 Å². The molecule has 32 heavy (non-hydrogen) atoms. The molecule has 172 valence electrons. The minimum Gasteiger partial charge on any atom is -0.370 e. The van der Waals surface area contributed by atoms with Crippen LogP contribution >= 0.6 is 23.4 Å². The van der Waals surface area contributed by atoms with E-state index in [9.17, 15) is 26.7 Å². The Morgan fingerprint density at radius 2 is 1.88 bits per heavy atom. The maximum atomic E-state index is 13.7. The van der Waals surface area contributed by atoms with Gasteiger partial charge < -0.3 is 10.2 Å². The lowest BCUT2D eigenvalue weighted by atomic mass is 10.0. The first-order chi connectivity index (χ1) is 15.0. The predicted molar refractivity (Wildman–Crippen MR) is 114 cm³/mol. The minimum atomic E-state index is -4.72. The van der Waals surface area contributed by atoms with Gasteiger partial charge in [0.2, 0.25) is 5.92 Å². The molecule has 2 aromatic rings. The number of hydrogen-bond donors (Lipinski definition) is 1. The highest BCUT2D eigenvalue weighted by Gasteiger charge is 2.50. The molecule has 1 saturated heterocycles. The zero-order chi connectivity index (χ0) is 23.3. The average molecular weight is 492 g/mol. The van der Waals surface area contributed by atoms with Gasteiger partial charge in [-0.15, -0.1) is 11.8 Å². The number of amides is 1. The maximum absolute atomic E-state index is 13.7. The van der Waals surface area contributed by atoms with Gasteiger partial charge in [0.1, 0.15) is 0 Å². The Hall–Kier alpha value is -2.07. The van der Waals surface area contributed by atoms with Crippen LogP contribution in [0, 0.1) is 11.8 Å². The van der Waals surface area contributed by atoms with Crippen molar-refractivity contribution in [3.8, 4) is 0 Å². The van der Waals surface area contributed by atoms with Gasteiger partial charge in [-0.25, -0.2) is 13.8 Å². The predicted octanol–water partition coefficient (Wildman–Crippen LogP) is 6.21. The number of nitrogens with zero attached hydrogens (tertiary/aromatic N) is 2. The van der Waals surface area contributed by atoms with Crippen molar-refractivity contribution >= 4 is 40.6 Å². The molecule has 4 rings (SSSR count). The lowest BCUT2D eigenvalue weighted by molar-refractivity contribution is -0.137. The zero-order valence-electron chi connectivity index (χ0n) is 16.8. The molecular weight excluding hydrogens is 473 g/mol. The smallest absolute Gasteiger partial charge is 0.370 e. The summed E-state index contributed by atoms with van der Waals surface area (Å²) < 4.78 is 67.9. The second-order valence-electron chi connectivity index (χ2n) is 8.08. The molecule has 1 N–H and O–H groups in total. The van der Waals surface area contributed by atoms with Gasteiger partial charge in [-0.2, -0.15) is 13.2 Å². The molecular formula is C21H19ClF5N3OS. The fourth-order valence-electron chi connectivity index (χ4n) is 4.47. The SMILES string of the molecule is CSc1cc(NC(=O)c2cc(Cl)c(C(F)(F)F)cc2N2C[C@@H]3CC(F)(F)C[C@@H]3C2)ccn1. The number of alkyl halides is 5. The molecule has 0 spiro atoms. The molecule has 1 aliphatic heterocycles. The number of thioether (sulfide) groups is 1. The number of aromatic nitrogens is 1. The van der Waals surface area contributed by atoms with Crippen LogP contribution in [0.5, 0.6) is 0 Å². The Bertz CT molecular complexity index is 1030. The number of anilines is 2. The van der Waals surface area contributed by atoms with Crippen molar-refractivity contribution in [3.05, 3.63) is 46.6 Å². The molecule has 0 unspecified atom stereocenters. The highest BCUT2D eigenvalue weighted by Crippen LogP contribution is 2.49. The van der Waals surface area contributed by atoms with Crippen LogP contribution in [0.15, 0.2) is 35.5 Å². The van der Waals surface area contributed by atoms with Crippen molar-refractivity contribution in [3.63, 3.8) is 0 Å². The average Bonchev–Trinajstić information content (AvgIpc) is 3.20. The van der Waals surface area contributed by atoms with Crippen molar-refractivity contribution < 1.29 is 26.7 Å². The highest BCUT2D eigenvalue weighted by molar-refractivity contribution is 7.98. The number of pyridine rings is 1. The Morgan fingerprint density at radius 1 is 1.22 bits per heavy atom. The van der Waals surface area contributed by atoms with Crippen molar-refractivity contribution in [1.29, 1.82) is 0 Å². The number of halogens is 6. The van der Waals surface area contributed by atoms with Crippen LogP contribution in [0.1, 0.15) is 28.8 Å². The number of hydrogen-bond acceptors (Lipinski definition) is 4. The van der Waals surface area contributed by atoms with Gasteiger partial charge in [0, 0.05) is 37.8 Å². The monoisotopic (exact) mass is 491 g/mol. The second-order valence-corrected chi connectivity index (χ2v) is 9.31. The standard InChI is InChI=1S/C21H19ClF5N3OS/c1-32-18-4-13(2-3-28-18)29-19(31)14-5-16(22)15(21(25,26)27)6-17(14)30-9-11-7-20(23,24)8-12(11)10-30/h2-6,11-12H,7-10H2,1H3,(H,28,29,31)/t11-,12+. The molecule has 4 nitrogen and oxygen atoms in total. The first-order valence-corrected chi connectivity index (χ1v) is 11.4. The number of carbonyl (C=O) groups is 1. The quantitative estimate of drug-likeness (QED) is 0.408. The first kappa shape index (κ1) is 23.1. The summed E-state index contributed by atoms with van der Waals surface area (Å²) in [5, 5.41) is 2.72. The molecule has 2 aliphatic rings. The summed E-state index contributed by atoms with van der Waals surface area (Å²) >= 11 is 7.26. The number of rotatable bonds is 4. The fourth-order valence-corrected chi connectivity index (χ4v) is 5.15. The lowest BCUT2D eigenvalue weighted by Crippen LogP contribution is -2.27. The number of fused-ring (bicyclic) bond motifs is 1. The molecule has 1 amide bonds. The summed E-state index contributed by atoms with van der Waals surface area (Å²) in [6.45, 7) is 0.316. The van der Waals surface area contributed by atoms with Crippen LogP contribution in [-0.4, -0.2) is 36.2 Å². The third-order valence-electron chi connectivity index (χ3n) is 5.88. The zero-order valence-corrected chi connectivity index (χ0v) is 18.4. The van der Waals surface area contributed by atoms with Crippen LogP contribution in [-0.2, 0) is 6.18 Å². The highest BCUT2D eigenvalue weighted by atomic mass is 35.5. The molecule has 1 aliphatic carbocycles. The van der Waals surface area contributed by atoms with Crippen LogP contribution in [0.2, 0.25) is 5.02 Å². The van der Waals surface area contributed by atoms with Crippen molar-refractivity contribution in [2.24, 2.45) is 11.8 Å².